The van der Waals surface area contributed by atoms with Gasteiger partial charge in [0.1, 0.15) is 12.1 Å². The molecule has 1 aromatic heterocycles. The predicted molar refractivity (Wildman–Crippen MR) is 78.4 cm³/mol. The van der Waals surface area contributed by atoms with Gasteiger partial charge in [-0.25, -0.2) is 9.97 Å². The second-order valence-electron chi connectivity index (χ2n) is 4.58. The average Bonchev–Trinajstić information content (AvgIpc) is 2.45. The maximum absolute atomic E-state index is 8.76. The summed E-state index contributed by atoms with van der Waals surface area (Å²) in [6, 6.07) is 7.98. The van der Waals surface area contributed by atoms with Gasteiger partial charge in [-0.15, -0.1) is 0 Å². The van der Waals surface area contributed by atoms with Crippen LogP contribution < -0.4 is 10.5 Å². The highest BCUT2D eigenvalue weighted by atomic mass is 16.5. The number of nitrogens with two attached hydrogens (primary N) is 1. The topological polar surface area (TPSA) is 81.3 Å². The average molecular weight is 273 g/mol. The van der Waals surface area contributed by atoms with Crippen molar-refractivity contribution in [1.82, 2.24) is 9.97 Å². The molecule has 0 saturated heterocycles. The van der Waals surface area contributed by atoms with E-state index in [4.69, 9.17) is 15.6 Å². The van der Waals surface area contributed by atoms with Crippen molar-refractivity contribution >= 4 is 5.82 Å². The molecule has 1 heterocycles. The van der Waals surface area contributed by atoms with E-state index in [1.54, 1.807) is 0 Å². The Morgan fingerprint density at radius 3 is 2.60 bits per heavy atom. The van der Waals surface area contributed by atoms with Gasteiger partial charge in [-0.3, -0.25) is 0 Å². The Morgan fingerprint density at radius 2 is 1.90 bits per heavy atom. The minimum Gasteiger partial charge on any atom is -0.477 e. The smallest absolute Gasteiger partial charge is 0.226 e. The molecule has 0 saturated carbocycles. The van der Waals surface area contributed by atoms with Crippen LogP contribution in [0.2, 0.25) is 0 Å². The van der Waals surface area contributed by atoms with Gasteiger partial charge in [0.25, 0.3) is 0 Å². The molecule has 0 spiro atoms. The van der Waals surface area contributed by atoms with Crippen LogP contribution in [0.25, 0.3) is 11.1 Å². The van der Waals surface area contributed by atoms with E-state index < -0.39 is 0 Å². The quantitative estimate of drug-likeness (QED) is 0.788. The van der Waals surface area contributed by atoms with E-state index in [0.717, 1.165) is 17.5 Å². The molecule has 3 N–H and O–H groups in total. The second-order valence-corrected chi connectivity index (χ2v) is 4.58. The van der Waals surface area contributed by atoms with Crippen molar-refractivity contribution in [3.05, 3.63) is 36.2 Å². The third kappa shape index (κ3) is 3.45. The van der Waals surface area contributed by atoms with Crippen molar-refractivity contribution in [3.63, 3.8) is 0 Å². The van der Waals surface area contributed by atoms with Gasteiger partial charge in [0.15, 0.2) is 0 Å². The number of ether oxygens (including phenoxy) is 1. The van der Waals surface area contributed by atoms with Crippen LogP contribution in [0, 0.1) is 6.92 Å². The Bertz CT molecular complexity index is 556. The molecule has 20 heavy (non-hydrogen) atoms. The number of benzene rings is 1. The summed E-state index contributed by atoms with van der Waals surface area (Å²) in [5.41, 5.74) is 8.78. The number of rotatable bonds is 6. The number of aliphatic hydroxyl groups excluding tert-OH is 1. The lowest BCUT2D eigenvalue weighted by Gasteiger charge is -2.12. The second kappa shape index (κ2) is 6.86. The van der Waals surface area contributed by atoms with Crippen LogP contribution in [0.3, 0.4) is 0 Å². The zero-order valence-corrected chi connectivity index (χ0v) is 11.5. The van der Waals surface area contributed by atoms with Crippen molar-refractivity contribution < 1.29 is 9.84 Å². The summed E-state index contributed by atoms with van der Waals surface area (Å²) in [6.07, 6.45) is 2.88. The Kier molecular flexibility index (Phi) is 4.90. The molecule has 0 amide bonds. The number of hydrogen-bond acceptors (Lipinski definition) is 5. The van der Waals surface area contributed by atoms with E-state index in [0.29, 0.717) is 24.7 Å². The Balaban J connectivity index is 2.24. The molecule has 0 aliphatic carbocycles. The van der Waals surface area contributed by atoms with E-state index in [1.807, 2.05) is 31.2 Å². The first-order valence-corrected chi connectivity index (χ1v) is 6.63. The van der Waals surface area contributed by atoms with Gasteiger partial charge in [-0.1, -0.05) is 29.8 Å². The lowest BCUT2D eigenvalue weighted by Crippen LogP contribution is -2.04. The molecule has 106 valence electrons. The summed E-state index contributed by atoms with van der Waals surface area (Å²) in [4.78, 5) is 8.19. The number of nitrogen functional groups attached to an aromatic ring is 1. The molecule has 0 unspecified atom stereocenters. The minimum absolute atomic E-state index is 0.167. The van der Waals surface area contributed by atoms with Gasteiger partial charge in [-0.05, 0) is 25.3 Å². The highest BCUT2D eigenvalue weighted by Crippen LogP contribution is 2.32. The van der Waals surface area contributed by atoms with Crippen LogP contribution in [0.1, 0.15) is 18.4 Å². The molecule has 1 aromatic carbocycles. The number of nitrogens with zero attached hydrogens (tertiary/aromatic N) is 2. The monoisotopic (exact) mass is 273 g/mol. The fraction of sp³-hybridized carbons (Fsp3) is 0.333. The third-order valence-electron chi connectivity index (χ3n) is 2.97. The number of aromatic nitrogens is 2. The van der Waals surface area contributed by atoms with Gasteiger partial charge in [-0.2, -0.15) is 0 Å². The molecule has 2 rings (SSSR count). The third-order valence-corrected chi connectivity index (χ3v) is 2.97. The van der Waals surface area contributed by atoms with Crippen LogP contribution in [0.5, 0.6) is 5.88 Å². The highest BCUT2D eigenvalue weighted by molar-refractivity contribution is 5.78. The van der Waals surface area contributed by atoms with Crippen molar-refractivity contribution in [2.75, 3.05) is 18.9 Å². The lowest BCUT2D eigenvalue weighted by molar-refractivity contribution is 0.249. The molecule has 5 heteroatoms. The van der Waals surface area contributed by atoms with E-state index in [-0.39, 0.29) is 6.61 Å². The number of unbranched alkanes of at least 4 members (excludes halogenated alkanes) is 1. The number of aliphatic hydroxyl groups is 1. The van der Waals surface area contributed by atoms with Crippen LogP contribution in [-0.2, 0) is 0 Å². The van der Waals surface area contributed by atoms with Crippen LogP contribution >= 0.6 is 0 Å². The first-order chi connectivity index (χ1) is 9.72. The van der Waals surface area contributed by atoms with Crippen LogP contribution in [-0.4, -0.2) is 28.3 Å². The molecule has 0 aliphatic rings. The van der Waals surface area contributed by atoms with E-state index in [1.165, 1.54) is 11.9 Å². The van der Waals surface area contributed by atoms with Crippen molar-refractivity contribution in [3.8, 4) is 17.0 Å². The number of anilines is 1. The maximum atomic E-state index is 8.76. The molecular formula is C15H19N3O2. The molecule has 0 aliphatic heterocycles. The first-order valence-electron chi connectivity index (χ1n) is 6.63. The summed E-state index contributed by atoms with van der Waals surface area (Å²) in [7, 11) is 0. The van der Waals surface area contributed by atoms with Gasteiger partial charge in [0, 0.05) is 6.61 Å². The van der Waals surface area contributed by atoms with Gasteiger partial charge in [0.05, 0.1) is 12.2 Å². The fourth-order valence-corrected chi connectivity index (χ4v) is 1.87. The summed E-state index contributed by atoms with van der Waals surface area (Å²) in [6.45, 7) is 2.69. The predicted octanol–water partition coefficient (Wildman–Crippen LogP) is 2.19. The van der Waals surface area contributed by atoms with E-state index in [9.17, 15) is 0 Å². The number of aryl methyl sites for hydroxylation is 1. The highest BCUT2D eigenvalue weighted by Gasteiger charge is 2.12. The van der Waals surface area contributed by atoms with Crippen molar-refractivity contribution in [2.24, 2.45) is 0 Å². The summed E-state index contributed by atoms with van der Waals surface area (Å²) in [5, 5.41) is 8.76. The van der Waals surface area contributed by atoms with Gasteiger partial charge < -0.3 is 15.6 Å². The lowest BCUT2D eigenvalue weighted by atomic mass is 10.1. The van der Waals surface area contributed by atoms with Crippen molar-refractivity contribution in [2.45, 2.75) is 19.8 Å². The molecular weight excluding hydrogens is 254 g/mol. The standard InChI is InChI=1S/C15H19N3O2/c1-11-4-6-12(7-5-11)13-14(16)17-10-18-15(13)20-9-3-2-8-19/h4-7,10,19H,2-3,8-9H2,1H3,(H2,16,17,18). The molecule has 2 aromatic rings. The maximum Gasteiger partial charge on any atom is 0.226 e. The van der Waals surface area contributed by atoms with Gasteiger partial charge >= 0.3 is 0 Å². The Labute approximate surface area is 118 Å². The minimum atomic E-state index is 0.167. The molecule has 0 atom stereocenters. The van der Waals surface area contributed by atoms with Crippen LogP contribution in [0.4, 0.5) is 5.82 Å². The molecule has 0 radical (unpaired) electrons. The summed E-state index contributed by atoms with van der Waals surface area (Å²) in [5.74, 6) is 0.889. The fourth-order valence-electron chi connectivity index (χ4n) is 1.87. The largest absolute Gasteiger partial charge is 0.477 e. The van der Waals surface area contributed by atoms with Gasteiger partial charge in [0.2, 0.25) is 5.88 Å². The zero-order chi connectivity index (χ0) is 14.4. The summed E-state index contributed by atoms with van der Waals surface area (Å²) >= 11 is 0. The normalized spacial score (nSPS) is 10.5. The van der Waals surface area contributed by atoms with E-state index >= 15 is 0 Å². The Hall–Kier alpha value is -2.14. The number of hydrogen-bond donors (Lipinski definition) is 2. The molecule has 0 fully saturated rings. The van der Waals surface area contributed by atoms with Crippen LogP contribution in [0.15, 0.2) is 30.6 Å². The zero-order valence-electron chi connectivity index (χ0n) is 11.5. The molecule has 0 bridgehead atoms. The summed E-state index contributed by atoms with van der Waals surface area (Å²) < 4.78 is 5.66. The first kappa shape index (κ1) is 14.3. The Morgan fingerprint density at radius 1 is 1.15 bits per heavy atom. The molecule has 5 nitrogen and oxygen atoms in total. The van der Waals surface area contributed by atoms with Crippen molar-refractivity contribution in [1.29, 1.82) is 0 Å². The van der Waals surface area contributed by atoms with E-state index in [2.05, 4.69) is 9.97 Å². The SMILES string of the molecule is Cc1ccc(-c2c(N)ncnc2OCCCCO)cc1.